The summed E-state index contributed by atoms with van der Waals surface area (Å²) in [7, 11) is 1.54. The van der Waals surface area contributed by atoms with Gasteiger partial charge in [-0.3, -0.25) is 4.79 Å². The molecule has 9 heteroatoms. The number of thiocarbonyl (C=S) groups is 1. The van der Waals surface area contributed by atoms with E-state index in [-0.39, 0.29) is 5.11 Å². The fraction of sp³-hybridized carbons (Fsp3) is 0.222. The highest BCUT2D eigenvalue weighted by Gasteiger charge is 2.35. The fourth-order valence-corrected chi connectivity index (χ4v) is 2.71. The molecule has 1 unspecified atom stereocenters. The van der Waals surface area contributed by atoms with Gasteiger partial charge in [-0.25, -0.2) is 0 Å². The van der Waals surface area contributed by atoms with Crippen LogP contribution in [0.15, 0.2) is 48.5 Å². The summed E-state index contributed by atoms with van der Waals surface area (Å²) in [6.45, 7) is 1.93. The molecule has 0 aliphatic carbocycles. The molecule has 0 spiro atoms. The SMILES string of the molecule is COc1ccc(C(=O)NC(NC(=S)Nc2ccccc2C)C(Cl)(Cl)Cl)cc1. The number of hydrogen-bond acceptors (Lipinski definition) is 3. The highest BCUT2D eigenvalue weighted by Crippen LogP contribution is 2.29. The van der Waals surface area contributed by atoms with E-state index in [4.69, 9.17) is 51.8 Å². The van der Waals surface area contributed by atoms with Crippen LogP contribution in [0.2, 0.25) is 0 Å². The molecule has 0 saturated carbocycles. The smallest absolute Gasteiger partial charge is 0.252 e. The highest BCUT2D eigenvalue weighted by atomic mass is 35.6. The van der Waals surface area contributed by atoms with Gasteiger partial charge in [-0.1, -0.05) is 53.0 Å². The summed E-state index contributed by atoms with van der Waals surface area (Å²) < 4.78 is 3.24. The van der Waals surface area contributed by atoms with Crippen LogP contribution >= 0.6 is 47.0 Å². The quantitative estimate of drug-likeness (QED) is 0.361. The molecule has 0 heterocycles. The van der Waals surface area contributed by atoms with Crippen molar-refractivity contribution in [2.75, 3.05) is 12.4 Å². The standard InChI is InChI=1S/C18H18Cl3N3O2S/c1-11-5-3-4-6-14(11)22-17(27)24-16(18(19,20)21)23-15(25)12-7-9-13(26-2)10-8-12/h3-10,16H,1-2H3,(H,23,25)(H2,22,24,27). The minimum atomic E-state index is -1.83. The molecule has 0 aliphatic rings. The van der Waals surface area contributed by atoms with E-state index in [1.54, 1.807) is 31.4 Å². The van der Waals surface area contributed by atoms with Crippen molar-refractivity contribution in [2.45, 2.75) is 16.9 Å². The average molecular weight is 447 g/mol. The maximum absolute atomic E-state index is 12.5. The third kappa shape index (κ3) is 6.43. The minimum Gasteiger partial charge on any atom is -0.497 e. The van der Waals surface area contributed by atoms with Crippen LogP contribution in [-0.2, 0) is 0 Å². The molecule has 1 atom stereocenters. The molecular weight excluding hydrogens is 429 g/mol. The Morgan fingerprint density at radius 2 is 1.70 bits per heavy atom. The van der Waals surface area contributed by atoms with Crippen molar-refractivity contribution < 1.29 is 9.53 Å². The van der Waals surface area contributed by atoms with Crippen molar-refractivity contribution in [1.82, 2.24) is 10.6 Å². The number of halogens is 3. The molecule has 2 aromatic carbocycles. The molecule has 0 aliphatic heterocycles. The third-order valence-corrected chi connectivity index (χ3v) is 4.50. The van der Waals surface area contributed by atoms with Gasteiger partial charge in [-0.2, -0.15) is 0 Å². The number of methoxy groups -OCH3 is 1. The molecule has 2 rings (SSSR count). The van der Waals surface area contributed by atoms with Crippen LogP contribution in [0, 0.1) is 6.92 Å². The number of carbonyl (C=O) groups excluding carboxylic acids is 1. The number of benzene rings is 2. The van der Waals surface area contributed by atoms with Crippen molar-refractivity contribution in [3.63, 3.8) is 0 Å². The van der Waals surface area contributed by atoms with E-state index in [9.17, 15) is 4.79 Å². The predicted octanol–water partition coefficient (Wildman–Crippen LogP) is 4.42. The highest BCUT2D eigenvalue weighted by molar-refractivity contribution is 7.80. The van der Waals surface area contributed by atoms with Gasteiger partial charge in [0.2, 0.25) is 3.79 Å². The average Bonchev–Trinajstić information content (AvgIpc) is 2.62. The first-order valence-corrected chi connectivity index (χ1v) is 9.39. The number of anilines is 1. The Bertz CT molecular complexity index is 810. The molecule has 1 amide bonds. The van der Waals surface area contributed by atoms with Crippen LogP contribution in [0.1, 0.15) is 15.9 Å². The van der Waals surface area contributed by atoms with Crippen molar-refractivity contribution in [2.24, 2.45) is 0 Å². The zero-order valence-electron chi connectivity index (χ0n) is 14.6. The molecular formula is C18H18Cl3N3O2S. The van der Waals surface area contributed by atoms with E-state index in [0.29, 0.717) is 11.3 Å². The number of carbonyl (C=O) groups is 1. The van der Waals surface area contributed by atoms with Gasteiger partial charge >= 0.3 is 0 Å². The first kappa shape index (κ1) is 21.6. The number of aryl methyl sites for hydroxylation is 1. The molecule has 0 aromatic heterocycles. The van der Waals surface area contributed by atoms with Gasteiger partial charge in [0, 0.05) is 11.3 Å². The Kier molecular flexibility index (Phi) is 7.56. The van der Waals surface area contributed by atoms with Gasteiger partial charge in [0.1, 0.15) is 11.9 Å². The zero-order chi connectivity index (χ0) is 20.0. The van der Waals surface area contributed by atoms with E-state index in [2.05, 4.69) is 16.0 Å². The Balaban J connectivity index is 2.07. The van der Waals surface area contributed by atoms with E-state index < -0.39 is 15.9 Å². The number of para-hydroxylation sites is 1. The first-order valence-electron chi connectivity index (χ1n) is 7.85. The summed E-state index contributed by atoms with van der Waals surface area (Å²) in [4.78, 5) is 12.5. The Labute approximate surface area is 178 Å². The number of amides is 1. The third-order valence-electron chi connectivity index (χ3n) is 3.62. The molecule has 144 valence electrons. The lowest BCUT2D eigenvalue weighted by Crippen LogP contribution is -2.56. The second-order valence-electron chi connectivity index (χ2n) is 5.59. The predicted molar refractivity (Wildman–Crippen MR) is 115 cm³/mol. The number of hydrogen-bond donors (Lipinski definition) is 3. The van der Waals surface area contributed by atoms with Crippen LogP contribution in [0.25, 0.3) is 0 Å². The molecule has 0 fully saturated rings. The van der Waals surface area contributed by atoms with Gasteiger partial charge in [0.15, 0.2) is 5.11 Å². The summed E-state index contributed by atoms with van der Waals surface area (Å²) in [6.07, 6.45) is -1.05. The van der Waals surface area contributed by atoms with E-state index >= 15 is 0 Å². The lowest BCUT2D eigenvalue weighted by Gasteiger charge is -2.28. The number of rotatable bonds is 5. The monoisotopic (exact) mass is 445 g/mol. The van der Waals surface area contributed by atoms with Gasteiger partial charge in [0.25, 0.3) is 5.91 Å². The largest absolute Gasteiger partial charge is 0.497 e. The molecule has 3 N–H and O–H groups in total. The van der Waals surface area contributed by atoms with Gasteiger partial charge < -0.3 is 20.7 Å². The summed E-state index contributed by atoms with van der Waals surface area (Å²) >= 11 is 23.3. The molecule has 27 heavy (non-hydrogen) atoms. The van der Waals surface area contributed by atoms with Crippen molar-refractivity contribution >= 4 is 63.7 Å². The zero-order valence-corrected chi connectivity index (χ0v) is 17.6. The second-order valence-corrected chi connectivity index (χ2v) is 8.37. The Morgan fingerprint density at radius 1 is 1.07 bits per heavy atom. The summed E-state index contributed by atoms with van der Waals surface area (Å²) in [5.74, 6) is 0.200. The number of nitrogens with one attached hydrogen (secondary N) is 3. The van der Waals surface area contributed by atoms with Crippen LogP contribution in [0.5, 0.6) is 5.75 Å². The summed E-state index contributed by atoms with van der Waals surface area (Å²) in [5.41, 5.74) is 2.18. The lowest BCUT2D eigenvalue weighted by molar-refractivity contribution is 0.0934. The number of alkyl halides is 3. The molecule has 0 saturated heterocycles. The van der Waals surface area contributed by atoms with Crippen LogP contribution < -0.4 is 20.7 Å². The fourth-order valence-electron chi connectivity index (χ4n) is 2.16. The number of ether oxygens (including phenoxy) is 1. The van der Waals surface area contributed by atoms with Gasteiger partial charge in [0.05, 0.1) is 7.11 Å². The van der Waals surface area contributed by atoms with Crippen LogP contribution in [0.4, 0.5) is 5.69 Å². The molecule has 0 radical (unpaired) electrons. The Morgan fingerprint density at radius 3 is 2.26 bits per heavy atom. The van der Waals surface area contributed by atoms with Crippen LogP contribution in [-0.4, -0.2) is 28.1 Å². The second kappa shape index (κ2) is 9.46. The topological polar surface area (TPSA) is 62.4 Å². The molecule has 5 nitrogen and oxygen atoms in total. The summed E-state index contributed by atoms with van der Waals surface area (Å²) in [5, 5.41) is 8.67. The maximum Gasteiger partial charge on any atom is 0.252 e. The molecule has 2 aromatic rings. The van der Waals surface area contributed by atoms with Crippen molar-refractivity contribution in [3.8, 4) is 5.75 Å². The van der Waals surface area contributed by atoms with E-state index in [1.807, 2.05) is 31.2 Å². The lowest BCUT2D eigenvalue weighted by atomic mass is 10.2. The van der Waals surface area contributed by atoms with Gasteiger partial charge in [-0.15, -0.1) is 0 Å². The van der Waals surface area contributed by atoms with Crippen molar-refractivity contribution in [3.05, 3.63) is 59.7 Å². The molecule has 0 bridgehead atoms. The minimum absolute atomic E-state index is 0.204. The Hall–Kier alpha value is -1.73. The summed E-state index contributed by atoms with van der Waals surface area (Å²) in [6, 6.07) is 14.1. The maximum atomic E-state index is 12.5. The van der Waals surface area contributed by atoms with E-state index in [1.165, 1.54) is 0 Å². The normalized spacial score (nSPS) is 12.0. The van der Waals surface area contributed by atoms with E-state index in [0.717, 1.165) is 11.3 Å². The first-order chi connectivity index (χ1) is 12.7. The van der Waals surface area contributed by atoms with Gasteiger partial charge in [-0.05, 0) is 55.0 Å². The van der Waals surface area contributed by atoms with Crippen LogP contribution in [0.3, 0.4) is 0 Å². The van der Waals surface area contributed by atoms with Crippen molar-refractivity contribution in [1.29, 1.82) is 0 Å².